The van der Waals surface area contributed by atoms with Gasteiger partial charge in [-0.05, 0) is 31.4 Å². The average Bonchev–Trinajstić information content (AvgIpc) is 3.18. The third kappa shape index (κ3) is 7.92. The summed E-state index contributed by atoms with van der Waals surface area (Å²) in [5, 5.41) is 10.4. The van der Waals surface area contributed by atoms with Gasteiger partial charge in [0.05, 0.1) is 18.8 Å². The summed E-state index contributed by atoms with van der Waals surface area (Å²) < 4.78 is 46.9. The summed E-state index contributed by atoms with van der Waals surface area (Å²) >= 11 is 0. The van der Waals surface area contributed by atoms with Gasteiger partial charge in [0.25, 0.3) is 0 Å². The van der Waals surface area contributed by atoms with Crippen LogP contribution < -0.4 is 15.4 Å². The van der Waals surface area contributed by atoms with Crippen molar-refractivity contribution in [2.75, 3.05) is 13.2 Å². The van der Waals surface area contributed by atoms with Gasteiger partial charge in [-0.25, -0.2) is 9.98 Å². The molecule has 0 unspecified atom stereocenters. The summed E-state index contributed by atoms with van der Waals surface area (Å²) in [4.78, 5) is 8.24. The molecule has 0 spiro atoms. The zero-order chi connectivity index (χ0) is 22.0. The molecule has 166 valence electrons. The number of hydrogen-bond donors (Lipinski definition) is 2. The lowest BCUT2D eigenvalue weighted by molar-refractivity contribution is -0.154. The number of nitrogens with one attached hydrogen (secondary N) is 2. The third-order valence-corrected chi connectivity index (χ3v) is 4.36. The number of nitrogens with zero attached hydrogens (tertiary/aromatic N) is 3. The van der Waals surface area contributed by atoms with Gasteiger partial charge in [0.2, 0.25) is 5.88 Å². The first kappa shape index (κ1) is 23.5. The normalized spacial score (nSPS) is 12.3. The molecule has 0 aliphatic rings. The van der Waals surface area contributed by atoms with E-state index in [-0.39, 0.29) is 12.4 Å². The summed E-state index contributed by atoms with van der Waals surface area (Å²) in [7, 11) is 0. The van der Waals surface area contributed by atoms with Gasteiger partial charge < -0.3 is 19.9 Å². The van der Waals surface area contributed by atoms with Gasteiger partial charge in [-0.15, -0.1) is 0 Å². The first-order valence-corrected chi connectivity index (χ1v) is 9.96. The van der Waals surface area contributed by atoms with E-state index in [9.17, 15) is 13.2 Å². The van der Waals surface area contributed by atoms with Crippen LogP contribution in [-0.2, 0) is 13.1 Å². The topological polar surface area (TPSA) is 84.6 Å². The Kier molecular flexibility index (Phi) is 8.94. The van der Waals surface area contributed by atoms with E-state index in [1.54, 1.807) is 6.07 Å². The predicted octanol–water partition coefficient (Wildman–Crippen LogP) is 4.17. The maximum absolute atomic E-state index is 12.3. The monoisotopic (exact) mass is 427 g/mol. The second-order valence-corrected chi connectivity index (χ2v) is 6.69. The first-order valence-electron chi connectivity index (χ1n) is 9.96. The van der Waals surface area contributed by atoms with Crippen molar-refractivity contribution in [1.29, 1.82) is 0 Å². The molecule has 0 bridgehead atoms. The Bertz CT molecular complexity index is 804. The number of hydrogen-bond acceptors (Lipinski definition) is 5. The second kappa shape index (κ2) is 11.4. The molecule has 0 atom stereocenters. The number of rotatable bonds is 10. The number of pyridine rings is 1. The van der Waals surface area contributed by atoms with E-state index in [4.69, 9.17) is 4.52 Å². The molecule has 0 aromatic carbocycles. The molecule has 0 amide bonds. The van der Waals surface area contributed by atoms with Crippen molar-refractivity contribution < 1.29 is 22.4 Å². The van der Waals surface area contributed by atoms with Gasteiger partial charge in [-0.3, -0.25) is 0 Å². The van der Waals surface area contributed by atoms with Gasteiger partial charge in [0.15, 0.2) is 18.3 Å². The quantitative estimate of drug-likeness (QED) is 0.437. The lowest BCUT2D eigenvalue weighted by Crippen LogP contribution is -2.36. The molecule has 10 heteroatoms. The first-order chi connectivity index (χ1) is 14.3. The standard InChI is InChI=1S/C20H28F3N5O2/c1-4-15(5-2)17-10-16(30-28-17)12-27-19(24-6-3)26-11-14-7-8-25-18(9-14)29-13-20(21,22)23/h7-10,15H,4-6,11-13H2,1-3H3,(H2,24,26,27). The summed E-state index contributed by atoms with van der Waals surface area (Å²) in [6.45, 7) is 6.10. The molecule has 0 aliphatic carbocycles. The van der Waals surface area contributed by atoms with Crippen LogP contribution in [-0.4, -0.2) is 35.4 Å². The Hall–Kier alpha value is -2.78. The lowest BCUT2D eigenvalue weighted by atomic mass is 9.99. The molecule has 2 N–H and O–H groups in total. The van der Waals surface area contributed by atoms with E-state index in [1.807, 2.05) is 13.0 Å². The fourth-order valence-electron chi connectivity index (χ4n) is 2.78. The van der Waals surface area contributed by atoms with E-state index >= 15 is 0 Å². The molecule has 2 aromatic rings. The van der Waals surface area contributed by atoms with Crippen molar-refractivity contribution >= 4 is 5.96 Å². The number of guanidine groups is 1. The van der Waals surface area contributed by atoms with Crippen molar-refractivity contribution in [3.63, 3.8) is 0 Å². The smallest absolute Gasteiger partial charge is 0.422 e. The highest BCUT2D eigenvalue weighted by Gasteiger charge is 2.28. The number of halogens is 3. The highest BCUT2D eigenvalue weighted by atomic mass is 19.4. The minimum Gasteiger partial charge on any atom is -0.468 e. The Labute approximate surface area is 174 Å². The van der Waals surface area contributed by atoms with E-state index in [0.29, 0.717) is 36.3 Å². The molecular formula is C20H28F3N5O2. The molecule has 2 aromatic heterocycles. The number of aliphatic imine (C=N–C) groups is 1. The van der Waals surface area contributed by atoms with E-state index in [2.05, 4.69) is 44.4 Å². The molecule has 0 aliphatic heterocycles. The summed E-state index contributed by atoms with van der Waals surface area (Å²) in [6.07, 6.45) is -1.02. The average molecular weight is 427 g/mol. The summed E-state index contributed by atoms with van der Waals surface area (Å²) in [5.74, 6) is 1.54. The number of ether oxygens (including phenoxy) is 1. The van der Waals surface area contributed by atoms with Gasteiger partial charge in [0.1, 0.15) is 0 Å². The zero-order valence-electron chi connectivity index (χ0n) is 17.4. The minimum atomic E-state index is -4.41. The Morgan fingerprint density at radius 3 is 2.63 bits per heavy atom. The molecule has 0 radical (unpaired) electrons. The van der Waals surface area contributed by atoms with Gasteiger partial charge in [-0.1, -0.05) is 19.0 Å². The van der Waals surface area contributed by atoms with Crippen LogP contribution in [0.15, 0.2) is 33.9 Å². The SMILES string of the molecule is CCNC(=NCc1ccnc(OCC(F)(F)F)c1)NCc1cc(C(CC)CC)no1. The van der Waals surface area contributed by atoms with Gasteiger partial charge >= 0.3 is 6.18 Å². The maximum Gasteiger partial charge on any atom is 0.422 e. The highest BCUT2D eigenvalue weighted by Crippen LogP contribution is 2.22. The molecule has 30 heavy (non-hydrogen) atoms. The van der Waals surface area contributed by atoms with E-state index in [1.165, 1.54) is 12.3 Å². The van der Waals surface area contributed by atoms with Crippen molar-refractivity contribution in [3.05, 3.63) is 41.4 Å². The molecule has 7 nitrogen and oxygen atoms in total. The molecule has 0 saturated carbocycles. The highest BCUT2D eigenvalue weighted by molar-refractivity contribution is 5.79. The van der Waals surface area contributed by atoms with Crippen molar-refractivity contribution in [3.8, 4) is 5.88 Å². The third-order valence-electron chi connectivity index (χ3n) is 4.36. The fourth-order valence-corrected chi connectivity index (χ4v) is 2.78. The summed E-state index contributed by atoms with van der Waals surface area (Å²) in [5.41, 5.74) is 1.62. The van der Waals surface area contributed by atoms with Crippen molar-refractivity contribution in [1.82, 2.24) is 20.8 Å². The van der Waals surface area contributed by atoms with Crippen LogP contribution >= 0.6 is 0 Å². The van der Waals surface area contributed by atoms with Crippen molar-refractivity contribution in [2.24, 2.45) is 4.99 Å². The van der Waals surface area contributed by atoms with Crippen LogP contribution in [0.4, 0.5) is 13.2 Å². The maximum atomic E-state index is 12.3. The minimum absolute atomic E-state index is 0.0893. The molecule has 0 fully saturated rings. The van der Waals surface area contributed by atoms with Crippen molar-refractivity contribution in [2.45, 2.75) is 58.8 Å². The Morgan fingerprint density at radius 2 is 1.97 bits per heavy atom. The van der Waals surface area contributed by atoms with Crippen LogP contribution in [0.2, 0.25) is 0 Å². The molecule has 2 rings (SSSR count). The van der Waals surface area contributed by atoms with Crippen LogP contribution in [0.25, 0.3) is 0 Å². The van der Waals surface area contributed by atoms with Crippen LogP contribution in [0, 0.1) is 0 Å². The summed E-state index contributed by atoms with van der Waals surface area (Å²) in [6, 6.07) is 5.06. The lowest BCUT2D eigenvalue weighted by Gasteiger charge is -2.11. The van der Waals surface area contributed by atoms with Crippen LogP contribution in [0.5, 0.6) is 5.88 Å². The second-order valence-electron chi connectivity index (χ2n) is 6.69. The van der Waals surface area contributed by atoms with Crippen LogP contribution in [0.3, 0.4) is 0 Å². The van der Waals surface area contributed by atoms with Gasteiger partial charge in [-0.2, -0.15) is 13.2 Å². The Balaban J connectivity index is 1.96. The Morgan fingerprint density at radius 1 is 1.20 bits per heavy atom. The zero-order valence-corrected chi connectivity index (χ0v) is 17.4. The van der Waals surface area contributed by atoms with Crippen LogP contribution in [0.1, 0.15) is 56.5 Å². The number of alkyl halides is 3. The predicted molar refractivity (Wildman–Crippen MR) is 107 cm³/mol. The fraction of sp³-hybridized carbons (Fsp3) is 0.550. The number of aromatic nitrogens is 2. The van der Waals surface area contributed by atoms with E-state index in [0.717, 1.165) is 18.5 Å². The molecule has 0 saturated heterocycles. The van der Waals surface area contributed by atoms with Gasteiger partial charge in [0, 0.05) is 30.8 Å². The largest absolute Gasteiger partial charge is 0.468 e. The molecule has 2 heterocycles. The molecular weight excluding hydrogens is 399 g/mol. The van der Waals surface area contributed by atoms with E-state index < -0.39 is 12.8 Å².